The molecule has 2 rings (SSSR count). The van der Waals surface area contributed by atoms with E-state index in [1.807, 2.05) is 0 Å². The second kappa shape index (κ2) is 3.99. The van der Waals surface area contributed by atoms with Crippen LogP contribution in [0.25, 0.3) is 10.9 Å². The van der Waals surface area contributed by atoms with Gasteiger partial charge in [-0.25, -0.2) is 4.98 Å². The summed E-state index contributed by atoms with van der Waals surface area (Å²) in [4.78, 5) is 4.55. The molecule has 2 heteroatoms. The summed E-state index contributed by atoms with van der Waals surface area (Å²) < 4.78 is 0. The fraction of sp³-hybridized carbons (Fsp3) is 0.400. The molecule has 0 atom stereocenters. The zero-order valence-electron chi connectivity index (χ0n) is 11.1. The van der Waals surface area contributed by atoms with Crippen molar-refractivity contribution in [2.24, 2.45) is 0 Å². The predicted molar refractivity (Wildman–Crippen MR) is 74.9 cm³/mol. The molecular weight excluding hydrogens is 230 g/mol. The molecule has 0 radical (unpaired) electrons. The molecule has 90 valence electrons. The van der Waals surface area contributed by atoms with Crippen molar-refractivity contribution in [3.8, 4) is 0 Å². The quantitative estimate of drug-likeness (QED) is 0.610. The Kier molecular flexibility index (Phi) is 2.90. The van der Waals surface area contributed by atoms with Gasteiger partial charge in [0.1, 0.15) is 5.15 Å². The smallest absolute Gasteiger partial charge is 0.133 e. The van der Waals surface area contributed by atoms with Crippen LogP contribution in [0.1, 0.15) is 37.5 Å². The normalized spacial score (nSPS) is 12.1. The van der Waals surface area contributed by atoms with Gasteiger partial charge < -0.3 is 0 Å². The first-order valence-corrected chi connectivity index (χ1v) is 6.25. The molecule has 0 unspecified atom stereocenters. The van der Waals surface area contributed by atoms with E-state index in [9.17, 15) is 0 Å². The van der Waals surface area contributed by atoms with Crippen LogP contribution in [0.3, 0.4) is 0 Å². The Morgan fingerprint density at radius 1 is 1.06 bits per heavy atom. The lowest BCUT2D eigenvalue weighted by atomic mass is 9.87. The number of halogens is 1. The monoisotopic (exact) mass is 247 g/mol. The molecule has 0 bridgehead atoms. The summed E-state index contributed by atoms with van der Waals surface area (Å²) in [5.41, 5.74) is 4.59. The van der Waals surface area contributed by atoms with Crippen molar-refractivity contribution < 1.29 is 0 Å². The molecule has 0 amide bonds. The lowest BCUT2D eigenvalue weighted by Gasteiger charge is -2.21. The molecule has 0 saturated heterocycles. The van der Waals surface area contributed by atoms with Gasteiger partial charge in [-0.2, -0.15) is 0 Å². The Morgan fingerprint density at radius 2 is 1.71 bits per heavy atom. The van der Waals surface area contributed by atoms with Crippen molar-refractivity contribution >= 4 is 22.5 Å². The summed E-state index contributed by atoms with van der Waals surface area (Å²) in [7, 11) is 0. The number of aromatic nitrogens is 1. The Balaban J connectivity index is 2.81. The van der Waals surface area contributed by atoms with Crippen LogP contribution in [0.2, 0.25) is 5.15 Å². The lowest BCUT2D eigenvalue weighted by molar-refractivity contribution is 0.589. The molecule has 0 spiro atoms. The van der Waals surface area contributed by atoms with Crippen LogP contribution < -0.4 is 0 Å². The zero-order chi connectivity index (χ0) is 12.8. The van der Waals surface area contributed by atoms with Gasteiger partial charge in [0.25, 0.3) is 0 Å². The van der Waals surface area contributed by atoms with Gasteiger partial charge in [0.05, 0.1) is 5.52 Å². The average molecular weight is 248 g/mol. The van der Waals surface area contributed by atoms with Crippen LogP contribution in [0.4, 0.5) is 0 Å². The van der Waals surface area contributed by atoms with Crippen molar-refractivity contribution in [2.75, 3.05) is 0 Å². The largest absolute Gasteiger partial charge is 0.236 e. The minimum absolute atomic E-state index is 0.0237. The van der Waals surface area contributed by atoms with Gasteiger partial charge in [-0.3, -0.25) is 0 Å². The maximum Gasteiger partial charge on any atom is 0.133 e. The second-order valence-corrected chi connectivity index (χ2v) is 6.09. The molecule has 1 aromatic heterocycles. The van der Waals surface area contributed by atoms with Crippen molar-refractivity contribution in [1.29, 1.82) is 0 Å². The van der Waals surface area contributed by atoms with Crippen LogP contribution in [-0.2, 0) is 5.41 Å². The van der Waals surface area contributed by atoms with E-state index >= 15 is 0 Å². The van der Waals surface area contributed by atoms with Gasteiger partial charge in [0.2, 0.25) is 0 Å². The van der Waals surface area contributed by atoms with Gasteiger partial charge in [0.15, 0.2) is 0 Å². The highest BCUT2D eigenvalue weighted by Crippen LogP contribution is 2.32. The van der Waals surface area contributed by atoms with Gasteiger partial charge in [-0.15, -0.1) is 0 Å². The molecule has 0 aliphatic heterocycles. The fourth-order valence-electron chi connectivity index (χ4n) is 2.15. The molecule has 0 fully saturated rings. The molecule has 17 heavy (non-hydrogen) atoms. The predicted octanol–water partition coefficient (Wildman–Crippen LogP) is 4.80. The molecule has 0 N–H and O–H groups in total. The number of nitrogens with zero attached hydrogens (tertiary/aromatic N) is 1. The third kappa shape index (κ3) is 2.30. The fourth-order valence-corrected chi connectivity index (χ4v) is 2.58. The molecule has 1 nitrogen and oxygen atoms in total. The maximum absolute atomic E-state index is 6.29. The lowest BCUT2D eigenvalue weighted by Crippen LogP contribution is -2.12. The second-order valence-electron chi connectivity index (χ2n) is 5.73. The molecule has 1 heterocycles. The van der Waals surface area contributed by atoms with Crippen LogP contribution in [0.15, 0.2) is 18.2 Å². The van der Waals surface area contributed by atoms with E-state index in [-0.39, 0.29) is 5.41 Å². The minimum atomic E-state index is 0.0237. The first-order valence-electron chi connectivity index (χ1n) is 5.87. The van der Waals surface area contributed by atoms with E-state index in [0.29, 0.717) is 5.15 Å². The zero-order valence-corrected chi connectivity index (χ0v) is 11.8. The summed E-state index contributed by atoms with van der Waals surface area (Å²) in [6.07, 6.45) is 0. The summed E-state index contributed by atoms with van der Waals surface area (Å²) in [5, 5.41) is 1.80. The molecule has 0 aliphatic rings. The van der Waals surface area contributed by atoms with Crippen molar-refractivity contribution in [3.05, 3.63) is 40.0 Å². The van der Waals surface area contributed by atoms with Crippen LogP contribution in [0, 0.1) is 13.8 Å². The van der Waals surface area contributed by atoms with E-state index in [2.05, 4.69) is 57.8 Å². The molecule has 0 aliphatic carbocycles. The molecule has 1 aromatic carbocycles. The Hall–Kier alpha value is -1.08. The third-order valence-electron chi connectivity index (χ3n) is 3.01. The summed E-state index contributed by atoms with van der Waals surface area (Å²) in [6.45, 7) is 10.7. The van der Waals surface area contributed by atoms with E-state index in [1.54, 1.807) is 0 Å². The van der Waals surface area contributed by atoms with Crippen LogP contribution >= 0.6 is 11.6 Å². The van der Waals surface area contributed by atoms with E-state index in [0.717, 1.165) is 11.1 Å². The van der Waals surface area contributed by atoms with E-state index < -0.39 is 0 Å². The van der Waals surface area contributed by atoms with Gasteiger partial charge in [0, 0.05) is 5.39 Å². The topological polar surface area (TPSA) is 12.9 Å². The number of hydrogen-bond donors (Lipinski definition) is 0. The minimum Gasteiger partial charge on any atom is -0.236 e. The number of benzene rings is 1. The standard InChI is InChI=1S/C15H18ClN/c1-9-6-10(2)13-11(7-9)8-12(14(16)17-13)15(3,4)5/h6-8H,1-5H3. The number of pyridine rings is 1. The van der Waals surface area contributed by atoms with Crippen LogP contribution in [0.5, 0.6) is 0 Å². The SMILES string of the molecule is Cc1cc(C)c2nc(Cl)c(C(C)(C)C)cc2c1. The van der Waals surface area contributed by atoms with Gasteiger partial charge in [-0.05, 0) is 42.5 Å². The first-order chi connectivity index (χ1) is 7.79. The highest BCUT2D eigenvalue weighted by atomic mass is 35.5. The van der Waals surface area contributed by atoms with Gasteiger partial charge in [-0.1, -0.05) is 44.0 Å². The first kappa shape index (κ1) is 12.4. The Bertz CT molecular complexity index is 579. The number of hydrogen-bond acceptors (Lipinski definition) is 1. The molecular formula is C15H18ClN. The van der Waals surface area contributed by atoms with E-state index in [1.165, 1.54) is 16.5 Å². The molecule has 2 aromatic rings. The average Bonchev–Trinajstić information content (AvgIpc) is 2.16. The number of aryl methyl sites for hydroxylation is 2. The maximum atomic E-state index is 6.29. The summed E-state index contributed by atoms with van der Waals surface area (Å²) in [6, 6.07) is 6.48. The van der Waals surface area contributed by atoms with Crippen LogP contribution in [-0.4, -0.2) is 4.98 Å². The highest BCUT2D eigenvalue weighted by Gasteiger charge is 2.19. The summed E-state index contributed by atoms with van der Waals surface area (Å²) in [5.74, 6) is 0. The van der Waals surface area contributed by atoms with Crippen molar-refractivity contribution in [3.63, 3.8) is 0 Å². The van der Waals surface area contributed by atoms with E-state index in [4.69, 9.17) is 11.6 Å². The molecule has 0 saturated carbocycles. The van der Waals surface area contributed by atoms with Crippen molar-refractivity contribution in [2.45, 2.75) is 40.0 Å². The van der Waals surface area contributed by atoms with Gasteiger partial charge >= 0.3 is 0 Å². The van der Waals surface area contributed by atoms with Crippen molar-refractivity contribution in [1.82, 2.24) is 4.98 Å². The number of rotatable bonds is 0. The Morgan fingerprint density at radius 3 is 2.29 bits per heavy atom. The summed E-state index contributed by atoms with van der Waals surface area (Å²) >= 11 is 6.29. The Labute approximate surface area is 108 Å². The number of fused-ring (bicyclic) bond motifs is 1. The highest BCUT2D eigenvalue weighted by molar-refractivity contribution is 6.30. The third-order valence-corrected chi connectivity index (χ3v) is 3.30.